The number of carbonyl (C=O) groups excluding carboxylic acids is 1. The van der Waals surface area contributed by atoms with E-state index in [9.17, 15) is 4.79 Å². The fourth-order valence-corrected chi connectivity index (χ4v) is 2.32. The van der Waals surface area contributed by atoms with Gasteiger partial charge in [0.2, 0.25) is 5.91 Å². The number of likely N-dealkylation sites (tertiary alicyclic amines) is 1. The SMILES string of the molecule is CCC.CPC1CCN(C(C)=O)CC1. The molecular weight excluding hydrogens is 193 g/mol. The monoisotopic (exact) mass is 217 g/mol. The van der Waals surface area contributed by atoms with Crippen LogP contribution in [0.15, 0.2) is 0 Å². The molecule has 0 saturated carbocycles. The van der Waals surface area contributed by atoms with Gasteiger partial charge < -0.3 is 4.90 Å². The van der Waals surface area contributed by atoms with E-state index in [4.69, 9.17) is 0 Å². The minimum atomic E-state index is 0.239. The lowest BCUT2D eigenvalue weighted by Crippen LogP contribution is -2.37. The van der Waals surface area contributed by atoms with Crippen LogP contribution in [0.5, 0.6) is 0 Å². The lowest BCUT2D eigenvalue weighted by molar-refractivity contribution is -0.129. The third kappa shape index (κ3) is 5.59. The lowest BCUT2D eigenvalue weighted by atomic mass is 10.1. The van der Waals surface area contributed by atoms with E-state index in [2.05, 4.69) is 20.5 Å². The van der Waals surface area contributed by atoms with E-state index in [1.807, 2.05) is 4.90 Å². The highest BCUT2D eigenvalue weighted by Gasteiger charge is 2.18. The molecule has 0 bridgehead atoms. The Labute approximate surface area is 90.2 Å². The molecule has 1 aliphatic rings. The van der Waals surface area contributed by atoms with E-state index in [0.29, 0.717) is 0 Å². The van der Waals surface area contributed by atoms with Crippen molar-refractivity contribution in [3.63, 3.8) is 0 Å². The van der Waals surface area contributed by atoms with Crippen LogP contribution in [0, 0.1) is 0 Å². The molecule has 1 rings (SSSR count). The summed E-state index contributed by atoms with van der Waals surface area (Å²) >= 11 is 0. The molecule has 1 heterocycles. The van der Waals surface area contributed by atoms with E-state index in [-0.39, 0.29) is 5.91 Å². The molecule has 0 N–H and O–H groups in total. The number of nitrogens with zero attached hydrogens (tertiary/aromatic N) is 1. The van der Waals surface area contributed by atoms with Gasteiger partial charge >= 0.3 is 0 Å². The molecule has 1 unspecified atom stereocenters. The molecule has 1 aliphatic heterocycles. The molecule has 0 aromatic carbocycles. The predicted octanol–water partition coefficient (Wildman–Crippen LogP) is 2.72. The molecule has 14 heavy (non-hydrogen) atoms. The molecule has 1 atom stereocenters. The highest BCUT2D eigenvalue weighted by Crippen LogP contribution is 2.25. The van der Waals surface area contributed by atoms with Crippen molar-refractivity contribution in [2.45, 2.75) is 45.7 Å². The second-order valence-corrected chi connectivity index (χ2v) is 5.17. The largest absolute Gasteiger partial charge is 0.343 e. The number of amides is 1. The second-order valence-electron chi connectivity index (χ2n) is 3.78. The minimum absolute atomic E-state index is 0.239. The Morgan fingerprint density at radius 3 is 2.07 bits per heavy atom. The van der Waals surface area contributed by atoms with Crippen LogP contribution in [0.1, 0.15) is 40.0 Å². The zero-order chi connectivity index (χ0) is 11.0. The van der Waals surface area contributed by atoms with Crippen molar-refractivity contribution in [2.24, 2.45) is 0 Å². The van der Waals surface area contributed by atoms with Crippen LogP contribution in [-0.4, -0.2) is 36.2 Å². The van der Waals surface area contributed by atoms with Crippen LogP contribution in [0.2, 0.25) is 0 Å². The zero-order valence-corrected chi connectivity index (χ0v) is 11.0. The van der Waals surface area contributed by atoms with Crippen LogP contribution in [0.25, 0.3) is 0 Å². The maximum Gasteiger partial charge on any atom is 0.219 e. The normalized spacial score (nSPS) is 18.1. The molecule has 1 saturated heterocycles. The van der Waals surface area contributed by atoms with Crippen molar-refractivity contribution >= 4 is 14.5 Å². The van der Waals surface area contributed by atoms with E-state index >= 15 is 0 Å². The summed E-state index contributed by atoms with van der Waals surface area (Å²) in [5.74, 6) is 0.239. The first-order valence-corrected chi connectivity index (χ1v) is 7.16. The van der Waals surface area contributed by atoms with Gasteiger partial charge in [-0.1, -0.05) is 20.3 Å². The molecule has 0 aliphatic carbocycles. The maximum absolute atomic E-state index is 10.9. The van der Waals surface area contributed by atoms with Gasteiger partial charge in [-0.3, -0.25) is 4.79 Å². The first-order valence-electron chi connectivity index (χ1n) is 5.58. The van der Waals surface area contributed by atoms with Gasteiger partial charge in [0.15, 0.2) is 0 Å². The van der Waals surface area contributed by atoms with E-state index in [1.165, 1.54) is 19.3 Å². The molecule has 0 aromatic heterocycles. The van der Waals surface area contributed by atoms with Gasteiger partial charge in [-0.2, -0.15) is 0 Å². The fraction of sp³-hybridized carbons (Fsp3) is 0.909. The van der Waals surface area contributed by atoms with Crippen LogP contribution < -0.4 is 0 Å². The van der Waals surface area contributed by atoms with Crippen molar-refractivity contribution in [3.8, 4) is 0 Å². The molecule has 2 nitrogen and oxygen atoms in total. The van der Waals surface area contributed by atoms with Crippen molar-refractivity contribution in [3.05, 3.63) is 0 Å². The molecule has 1 amide bonds. The molecule has 84 valence electrons. The Morgan fingerprint density at radius 2 is 1.79 bits per heavy atom. The minimum Gasteiger partial charge on any atom is -0.343 e. The smallest absolute Gasteiger partial charge is 0.219 e. The van der Waals surface area contributed by atoms with E-state index in [1.54, 1.807) is 6.92 Å². The first kappa shape index (κ1) is 13.9. The maximum atomic E-state index is 10.9. The fourth-order valence-electron chi connectivity index (χ4n) is 1.48. The number of rotatable bonds is 1. The molecule has 0 radical (unpaired) electrons. The number of hydrogen-bond donors (Lipinski definition) is 0. The lowest BCUT2D eigenvalue weighted by Gasteiger charge is -2.30. The van der Waals surface area contributed by atoms with Gasteiger partial charge in [0.25, 0.3) is 0 Å². The Morgan fingerprint density at radius 1 is 1.36 bits per heavy atom. The van der Waals surface area contributed by atoms with Crippen LogP contribution in [-0.2, 0) is 4.79 Å². The Hall–Kier alpha value is -0.100. The summed E-state index contributed by atoms with van der Waals surface area (Å²) in [4.78, 5) is 12.9. The molecule has 3 heteroatoms. The first-order chi connectivity index (χ1) is 6.65. The highest BCUT2D eigenvalue weighted by atomic mass is 31.1. The average molecular weight is 217 g/mol. The number of carbonyl (C=O) groups is 1. The Kier molecular flexibility index (Phi) is 8.17. The summed E-state index contributed by atoms with van der Waals surface area (Å²) in [5, 5.41) is 0. The standard InChI is InChI=1S/C8H16NOP.C3H8/c1-7(10)9-5-3-8(11-2)4-6-9;1-3-2/h8,11H,3-6H2,1-2H3;3H2,1-2H3. The third-order valence-corrected chi connectivity index (χ3v) is 3.74. The molecule has 0 spiro atoms. The van der Waals surface area contributed by atoms with Gasteiger partial charge in [0.05, 0.1) is 0 Å². The van der Waals surface area contributed by atoms with Crippen molar-refractivity contribution in [1.29, 1.82) is 0 Å². The van der Waals surface area contributed by atoms with Gasteiger partial charge in [-0.25, -0.2) is 0 Å². The van der Waals surface area contributed by atoms with E-state index < -0.39 is 0 Å². The number of piperidine rings is 1. The Bertz CT molecular complexity index is 153. The third-order valence-electron chi connectivity index (χ3n) is 2.35. The van der Waals surface area contributed by atoms with Gasteiger partial charge in [0, 0.05) is 20.0 Å². The quantitative estimate of drug-likeness (QED) is 0.618. The predicted molar refractivity (Wildman–Crippen MR) is 65.5 cm³/mol. The summed E-state index contributed by atoms with van der Waals surface area (Å²) in [7, 11) is 1.05. The molecular formula is C11H24NOP. The van der Waals surface area contributed by atoms with Crippen LogP contribution in [0.3, 0.4) is 0 Å². The summed E-state index contributed by atoms with van der Waals surface area (Å²) in [6.07, 6.45) is 3.68. The average Bonchev–Trinajstić information content (AvgIpc) is 2.19. The van der Waals surface area contributed by atoms with Crippen LogP contribution in [0.4, 0.5) is 0 Å². The van der Waals surface area contributed by atoms with E-state index in [0.717, 1.165) is 27.3 Å². The zero-order valence-electron chi connectivity index (χ0n) is 9.97. The van der Waals surface area contributed by atoms with Gasteiger partial charge in [-0.05, 0) is 25.2 Å². The Balaban J connectivity index is 0.000000500. The molecule has 0 aromatic rings. The number of hydrogen-bond acceptors (Lipinski definition) is 1. The summed E-state index contributed by atoms with van der Waals surface area (Å²) < 4.78 is 0. The molecule has 1 fully saturated rings. The summed E-state index contributed by atoms with van der Waals surface area (Å²) in [6, 6.07) is 0. The van der Waals surface area contributed by atoms with Gasteiger partial charge in [0.1, 0.15) is 0 Å². The second kappa shape index (κ2) is 8.23. The van der Waals surface area contributed by atoms with Crippen LogP contribution >= 0.6 is 8.58 Å². The topological polar surface area (TPSA) is 20.3 Å². The van der Waals surface area contributed by atoms with Crippen molar-refractivity contribution in [2.75, 3.05) is 19.8 Å². The van der Waals surface area contributed by atoms with Gasteiger partial charge in [-0.15, -0.1) is 8.58 Å². The highest BCUT2D eigenvalue weighted by molar-refractivity contribution is 7.37. The van der Waals surface area contributed by atoms with Crippen molar-refractivity contribution in [1.82, 2.24) is 4.90 Å². The summed E-state index contributed by atoms with van der Waals surface area (Å²) in [5.41, 5.74) is 0.894. The van der Waals surface area contributed by atoms with Crippen molar-refractivity contribution < 1.29 is 4.79 Å². The summed E-state index contributed by atoms with van der Waals surface area (Å²) in [6.45, 7) is 10.1.